The smallest absolute Gasteiger partial charge is 0.123 e. The van der Waals surface area contributed by atoms with E-state index in [9.17, 15) is 5.11 Å². The van der Waals surface area contributed by atoms with Gasteiger partial charge in [-0.15, -0.1) is 0 Å². The number of hydrogen-bond donors (Lipinski definition) is 1. The van der Waals surface area contributed by atoms with Crippen molar-refractivity contribution < 1.29 is 9.84 Å². The predicted molar refractivity (Wildman–Crippen MR) is 77.6 cm³/mol. The zero-order valence-corrected chi connectivity index (χ0v) is 12.3. The molecule has 1 saturated heterocycles. The summed E-state index contributed by atoms with van der Waals surface area (Å²) in [7, 11) is 1.62. The van der Waals surface area contributed by atoms with Crippen molar-refractivity contribution in [2.24, 2.45) is 5.41 Å². The van der Waals surface area contributed by atoms with E-state index in [2.05, 4.69) is 18.7 Å². The summed E-state index contributed by atoms with van der Waals surface area (Å²) < 4.78 is 5.11. The van der Waals surface area contributed by atoms with Gasteiger partial charge in [0.2, 0.25) is 0 Å². The first-order valence-corrected chi connectivity index (χ1v) is 7.20. The number of methoxy groups -OCH3 is 1. The van der Waals surface area contributed by atoms with Crippen LogP contribution in [0.1, 0.15) is 38.7 Å². The molecule has 19 heavy (non-hydrogen) atoms. The second-order valence-corrected chi connectivity index (χ2v) is 5.66. The highest BCUT2D eigenvalue weighted by Gasteiger charge is 2.34. The monoisotopic (exact) mass is 263 g/mol. The second kappa shape index (κ2) is 5.83. The van der Waals surface area contributed by atoms with E-state index in [1.54, 1.807) is 13.2 Å². The average molecular weight is 263 g/mol. The Labute approximate surface area is 116 Å². The van der Waals surface area contributed by atoms with E-state index in [-0.39, 0.29) is 0 Å². The number of phenols is 1. The Morgan fingerprint density at radius 3 is 2.58 bits per heavy atom. The van der Waals surface area contributed by atoms with Crippen LogP contribution in [0.15, 0.2) is 18.2 Å². The fourth-order valence-corrected chi connectivity index (χ4v) is 3.04. The van der Waals surface area contributed by atoms with E-state index < -0.39 is 0 Å². The minimum atomic E-state index is 0.338. The van der Waals surface area contributed by atoms with Gasteiger partial charge in [-0.05, 0) is 37.3 Å². The van der Waals surface area contributed by atoms with Crippen LogP contribution in [0, 0.1) is 5.41 Å². The van der Waals surface area contributed by atoms with Gasteiger partial charge in [-0.3, -0.25) is 4.90 Å². The van der Waals surface area contributed by atoms with Crippen LogP contribution in [0.3, 0.4) is 0 Å². The van der Waals surface area contributed by atoms with Crippen LogP contribution in [-0.4, -0.2) is 30.2 Å². The van der Waals surface area contributed by atoms with E-state index in [4.69, 9.17) is 4.74 Å². The molecule has 1 aromatic rings. The molecule has 0 aliphatic carbocycles. The number of nitrogens with zero attached hydrogens (tertiary/aromatic N) is 1. The van der Waals surface area contributed by atoms with Gasteiger partial charge in [0.15, 0.2) is 0 Å². The molecule has 2 rings (SSSR count). The highest BCUT2D eigenvalue weighted by molar-refractivity contribution is 5.39. The number of rotatable bonds is 5. The van der Waals surface area contributed by atoms with Gasteiger partial charge in [-0.25, -0.2) is 0 Å². The third-order valence-corrected chi connectivity index (χ3v) is 4.70. The van der Waals surface area contributed by atoms with Gasteiger partial charge in [-0.1, -0.05) is 19.9 Å². The molecule has 0 aromatic heterocycles. The number of phenolic OH excluding ortho intramolecular Hbond substituents is 1. The van der Waals surface area contributed by atoms with E-state index in [1.807, 2.05) is 12.1 Å². The third-order valence-electron chi connectivity index (χ3n) is 4.70. The van der Waals surface area contributed by atoms with Crippen LogP contribution in [0.5, 0.6) is 11.5 Å². The molecule has 1 aromatic carbocycles. The lowest BCUT2D eigenvalue weighted by atomic mass is 9.82. The molecule has 0 saturated carbocycles. The number of ether oxygens (including phenoxy) is 1. The van der Waals surface area contributed by atoms with Crippen molar-refractivity contribution in [2.45, 2.75) is 39.7 Å². The molecule has 106 valence electrons. The lowest BCUT2D eigenvalue weighted by Crippen LogP contribution is -2.26. The average Bonchev–Trinajstić information content (AvgIpc) is 2.85. The van der Waals surface area contributed by atoms with Crippen LogP contribution < -0.4 is 4.74 Å². The molecule has 1 N–H and O–H groups in total. The SMILES string of the molecule is CCC1(CC)CCN(Cc2ccc(OC)cc2O)C1. The molecule has 0 spiro atoms. The third kappa shape index (κ3) is 3.03. The lowest BCUT2D eigenvalue weighted by molar-refractivity contribution is 0.234. The van der Waals surface area contributed by atoms with Crippen molar-refractivity contribution >= 4 is 0 Å². The van der Waals surface area contributed by atoms with Gasteiger partial charge in [0, 0.05) is 24.7 Å². The van der Waals surface area contributed by atoms with Crippen molar-refractivity contribution in [1.29, 1.82) is 0 Å². The molecule has 0 radical (unpaired) electrons. The summed E-state index contributed by atoms with van der Waals surface area (Å²) in [6.45, 7) is 7.69. The predicted octanol–water partition coefficient (Wildman–Crippen LogP) is 3.41. The van der Waals surface area contributed by atoms with Gasteiger partial charge < -0.3 is 9.84 Å². The molecule has 3 heteroatoms. The molecule has 1 aliphatic heterocycles. The molecule has 0 atom stereocenters. The maximum absolute atomic E-state index is 10.0. The van der Waals surface area contributed by atoms with Gasteiger partial charge in [0.25, 0.3) is 0 Å². The highest BCUT2D eigenvalue weighted by Crippen LogP contribution is 2.38. The first-order chi connectivity index (χ1) is 9.12. The molecule has 0 bridgehead atoms. The number of likely N-dealkylation sites (tertiary alicyclic amines) is 1. The van der Waals surface area contributed by atoms with Crippen LogP contribution in [0.2, 0.25) is 0 Å². The zero-order valence-electron chi connectivity index (χ0n) is 12.3. The normalized spacial score (nSPS) is 18.7. The summed E-state index contributed by atoms with van der Waals surface area (Å²) in [5, 5.41) is 10.0. The summed E-state index contributed by atoms with van der Waals surface area (Å²) in [6.07, 6.45) is 3.76. The molecular formula is C16H25NO2. The molecule has 1 heterocycles. The molecule has 0 unspecified atom stereocenters. The summed E-state index contributed by atoms with van der Waals surface area (Å²) in [5.41, 5.74) is 1.48. The van der Waals surface area contributed by atoms with Crippen LogP contribution >= 0.6 is 0 Å². The summed E-state index contributed by atoms with van der Waals surface area (Å²) in [5.74, 6) is 1.05. The van der Waals surface area contributed by atoms with E-state index in [1.165, 1.54) is 19.3 Å². The Bertz CT molecular complexity index is 427. The topological polar surface area (TPSA) is 32.7 Å². The summed E-state index contributed by atoms with van der Waals surface area (Å²) >= 11 is 0. The molecule has 1 aliphatic rings. The standard InChI is InChI=1S/C16H25NO2/c1-4-16(5-2)8-9-17(12-16)11-13-6-7-14(19-3)10-15(13)18/h6-7,10,18H,4-5,8-9,11-12H2,1-3H3. The molecule has 0 amide bonds. The van der Waals surface area contributed by atoms with E-state index in [0.717, 1.165) is 25.2 Å². The zero-order chi connectivity index (χ0) is 13.9. The number of hydrogen-bond acceptors (Lipinski definition) is 3. The highest BCUT2D eigenvalue weighted by atomic mass is 16.5. The van der Waals surface area contributed by atoms with Crippen molar-refractivity contribution in [3.63, 3.8) is 0 Å². The van der Waals surface area contributed by atoms with Crippen LogP contribution in [0.4, 0.5) is 0 Å². The Morgan fingerprint density at radius 1 is 1.32 bits per heavy atom. The second-order valence-electron chi connectivity index (χ2n) is 5.66. The van der Waals surface area contributed by atoms with Crippen molar-refractivity contribution in [2.75, 3.05) is 20.2 Å². The van der Waals surface area contributed by atoms with Crippen molar-refractivity contribution in [1.82, 2.24) is 4.90 Å². The van der Waals surface area contributed by atoms with Crippen molar-refractivity contribution in [3.05, 3.63) is 23.8 Å². The van der Waals surface area contributed by atoms with Gasteiger partial charge in [-0.2, -0.15) is 0 Å². The minimum Gasteiger partial charge on any atom is -0.507 e. The fourth-order valence-electron chi connectivity index (χ4n) is 3.04. The Hall–Kier alpha value is -1.22. The Morgan fingerprint density at radius 2 is 2.05 bits per heavy atom. The molecule has 3 nitrogen and oxygen atoms in total. The fraction of sp³-hybridized carbons (Fsp3) is 0.625. The first kappa shape index (κ1) is 14.2. The molecular weight excluding hydrogens is 238 g/mol. The van der Waals surface area contributed by atoms with E-state index in [0.29, 0.717) is 16.9 Å². The maximum atomic E-state index is 10.0. The van der Waals surface area contributed by atoms with Crippen molar-refractivity contribution in [3.8, 4) is 11.5 Å². The Balaban J connectivity index is 2.03. The Kier molecular flexibility index (Phi) is 4.35. The van der Waals surface area contributed by atoms with E-state index >= 15 is 0 Å². The van der Waals surface area contributed by atoms with Gasteiger partial charge in [0.1, 0.15) is 11.5 Å². The van der Waals surface area contributed by atoms with Gasteiger partial charge >= 0.3 is 0 Å². The summed E-state index contributed by atoms with van der Waals surface area (Å²) in [6, 6.07) is 5.57. The number of aromatic hydroxyl groups is 1. The first-order valence-electron chi connectivity index (χ1n) is 7.20. The molecule has 1 fully saturated rings. The largest absolute Gasteiger partial charge is 0.507 e. The quantitative estimate of drug-likeness (QED) is 0.883. The summed E-state index contributed by atoms with van der Waals surface area (Å²) in [4.78, 5) is 2.45. The van der Waals surface area contributed by atoms with Crippen LogP contribution in [0.25, 0.3) is 0 Å². The maximum Gasteiger partial charge on any atom is 0.123 e. The van der Waals surface area contributed by atoms with Crippen LogP contribution in [-0.2, 0) is 6.54 Å². The minimum absolute atomic E-state index is 0.338. The number of benzene rings is 1. The van der Waals surface area contributed by atoms with Gasteiger partial charge in [0.05, 0.1) is 7.11 Å². The lowest BCUT2D eigenvalue weighted by Gasteiger charge is -2.26.